The van der Waals surface area contributed by atoms with Crippen LogP contribution < -0.4 is 0 Å². The van der Waals surface area contributed by atoms with Gasteiger partial charge in [-0.1, -0.05) is 70.8 Å². The molecule has 1 unspecified atom stereocenters. The van der Waals surface area contributed by atoms with Gasteiger partial charge in [0.1, 0.15) is 11.6 Å². The molecule has 0 aromatic heterocycles. The molecule has 32 heavy (non-hydrogen) atoms. The van der Waals surface area contributed by atoms with E-state index in [-0.39, 0.29) is 12.0 Å². The average molecular weight is 457 g/mol. The van der Waals surface area contributed by atoms with Crippen molar-refractivity contribution < 1.29 is 23.0 Å². The van der Waals surface area contributed by atoms with Gasteiger partial charge in [0.15, 0.2) is 0 Å². The van der Waals surface area contributed by atoms with Crippen LogP contribution in [0.4, 0.5) is 8.78 Å². The average Bonchev–Trinajstić information content (AvgIpc) is 2.76. The Kier molecular flexibility index (Phi) is 15.0. The summed E-state index contributed by atoms with van der Waals surface area (Å²) in [6.45, 7) is 6.24. The molecule has 0 saturated carbocycles. The van der Waals surface area contributed by atoms with Crippen molar-refractivity contribution in [3.63, 3.8) is 0 Å². The molecule has 1 atom stereocenters. The molecule has 0 N–H and O–H groups in total. The summed E-state index contributed by atoms with van der Waals surface area (Å²) in [4.78, 5) is 0. The van der Waals surface area contributed by atoms with Gasteiger partial charge in [-0.15, -0.1) is 0 Å². The molecule has 0 bridgehead atoms. The molecule has 0 heterocycles. The van der Waals surface area contributed by atoms with Gasteiger partial charge in [0.05, 0.1) is 6.10 Å². The Morgan fingerprint density at radius 1 is 0.812 bits per heavy atom. The van der Waals surface area contributed by atoms with Crippen molar-refractivity contribution in [1.29, 1.82) is 0 Å². The number of benzene rings is 1. The number of rotatable bonds is 19. The first kappa shape index (κ1) is 29.0. The number of unbranched alkanes of at least 4 members (excludes halogenated alkanes) is 8. The van der Waals surface area contributed by atoms with Gasteiger partial charge in [-0.3, -0.25) is 0 Å². The Morgan fingerprint density at radius 2 is 1.38 bits per heavy atom. The van der Waals surface area contributed by atoms with Gasteiger partial charge < -0.3 is 14.2 Å². The normalized spacial score (nSPS) is 13.1. The topological polar surface area (TPSA) is 27.7 Å². The maximum Gasteiger partial charge on any atom is 0.285 e. The lowest BCUT2D eigenvalue weighted by Gasteiger charge is -2.39. The highest BCUT2D eigenvalue weighted by atomic mass is 19.1. The van der Waals surface area contributed by atoms with Crippen LogP contribution in [0.5, 0.6) is 0 Å². The summed E-state index contributed by atoms with van der Waals surface area (Å²) < 4.78 is 44.6. The molecule has 1 rings (SSSR count). The first-order valence-corrected chi connectivity index (χ1v) is 12.6. The highest BCUT2D eigenvalue weighted by Gasteiger charge is 2.41. The van der Waals surface area contributed by atoms with Crippen molar-refractivity contribution >= 4 is 0 Å². The van der Waals surface area contributed by atoms with Gasteiger partial charge in [0.2, 0.25) is 0 Å². The van der Waals surface area contributed by atoms with Crippen molar-refractivity contribution in [3.8, 4) is 0 Å². The molecule has 0 fully saturated rings. The van der Waals surface area contributed by atoms with Crippen LogP contribution >= 0.6 is 0 Å². The summed E-state index contributed by atoms with van der Waals surface area (Å²) in [6.07, 6.45) is 14.2. The smallest absolute Gasteiger partial charge is 0.285 e. The summed E-state index contributed by atoms with van der Waals surface area (Å²) in [6, 6.07) is 3.84. The van der Waals surface area contributed by atoms with Crippen molar-refractivity contribution in [3.05, 3.63) is 35.4 Å². The number of aryl methyl sites for hydroxylation is 1. The summed E-state index contributed by atoms with van der Waals surface area (Å²) in [7, 11) is 3.33. The molecule has 0 aliphatic carbocycles. The van der Waals surface area contributed by atoms with E-state index < -0.39 is 17.6 Å². The van der Waals surface area contributed by atoms with Crippen molar-refractivity contribution in [2.45, 2.75) is 116 Å². The van der Waals surface area contributed by atoms with E-state index in [2.05, 4.69) is 6.92 Å². The van der Waals surface area contributed by atoms with Gasteiger partial charge >= 0.3 is 0 Å². The lowest BCUT2D eigenvalue weighted by molar-refractivity contribution is -0.399. The SMILES string of the molecule is CCCCCCCCC(CCCCCCc1ccc(F)cc1F)C(OC)(OC)OC(C)C. The molecule has 1 aromatic rings. The first-order chi connectivity index (χ1) is 15.4. The van der Waals surface area contributed by atoms with Gasteiger partial charge in [-0.2, -0.15) is 0 Å². The third-order valence-electron chi connectivity index (χ3n) is 6.14. The van der Waals surface area contributed by atoms with E-state index in [1.165, 1.54) is 38.2 Å². The van der Waals surface area contributed by atoms with E-state index in [9.17, 15) is 8.78 Å². The van der Waals surface area contributed by atoms with E-state index in [0.29, 0.717) is 12.0 Å². The maximum atomic E-state index is 13.8. The maximum absolute atomic E-state index is 13.8. The largest absolute Gasteiger partial charge is 0.331 e. The third-order valence-corrected chi connectivity index (χ3v) is 6.14. The van der Waals surface area contributed by atoms with Crippen LogP contribution in [0.3, 0.4) is 0 Å². The molecule has 0 aliphatic heterocycles. The molecule has 186 valence electrons. The predicted molar refractivity (Wildman–Crippen MR) is 128 cm³/mol. The second kappa shape index (κ2) is 16.6. The van der Waals surface area contributed by atoms with Gasteiger partial charge in [0.25, 0.3) is 5.97 Å². The number of ether oxygens (including phenoxy) is 3. The third kappa shape index (κ3) is 10.7. The van der Waals surface area contributed by atoms with Crippen molar-refractivity contribution in [2.24, 2.45) is 5.92 Å². The number of methoxy groups -OCH3 is 2. The number of hydrogen-bond acceptors (Lipinski definition) is 3. The monoisotopic (exact) mass is 456 g/mol. The molecule has 5 heteroatoms. The van der Waals surface area contributed by atoms with Crippen LogP contribution in [-0.4, -0.2) is 26.3 Å². The molecule has 0 spiro atoms. The zero-order chi connectivity index (χ0) is 23.8. The molecule has 3 nitrogen and oxygen atoms in total. The first-order valence-electron chi connectivity index (χ1n) is 12.6. The molecular weight excluding hydrogens is 410 g/mol. The Bertz CT molecular complexity index is 603. The Morgan fingerprint density at radius 3 is 1.91 bits per heavy atom. The van der Waals surface area contributed by atoms with Gasteiger partial charge in [0, 0.05) is 26.2 Å². The minimum atomic E-state index is -1.01. The van der Waals surface area contributed by atoms with Crippen LogP contribution in [0.15, 0.2) is 18.2 Å². The van der Waals surface area contributed by atoms with E-state index in [4.69, 9.17) is 14.2 Å². The van der Waals surface area contributed by atoms with Crippen LogP contribution in [-0.2, 0) is 20.6 Å². The van der Waals surface area contributed by atoms with E-state index in [1.807, 2.05) is 13.8 Å². The van der Waals surface area contributed by atoms with Crippen molar-refractivity contribution in [1.82, 2.24) is 0 Å². The fourth-order valence-corrected chi connectivity index (χ4v) is 4.39. The quantitative estimate of drug-likeness (QED) is 0.155. The predicted octanol–water partition coefficient (Wildman–Crippen LogP) is 8.20. The van der Waals surface area contributed by atoms with E-state index >= 15 is 0 Å². The minimum Gasteiger partial charge on any atom is -0.331 e. The van der Waals surface area contributed by atoms with Gasteiger partial charge in [-0.25, -0.2) is 8.78 Å². The van der Waals surface area contributed by atoms with E-state index in [0.717, 1.165) is 51.0 Å². The van der Waals surface area contributed by atoms with E-state index in [1.54, 1.807) is 20.3 Å². The minimum absolute atomic E-state index is 0.00700. The van der Waals surface area contributed by atoms with Crippen LogP contribution in [0, 0.1) is 17.6 Å². The second-order valence-electron chi connectivity index (χ2n) is 9.12. The Labute approximate surface area is 195 Å². The highest BCUT2D eigenvalue weighted by Crippen LogP contribution is 2.34. The zero-order valence-corrected chi connectivity index (χ0v) is 21.1. The van der Waals surface area contributed by atoms with Gasteiger partial charge in [-0.05, 0) is 51.2 Å². The molecule has 0 amide bonds. The number of hydrogen-bond donors (Lipinski definition) is 0. The lowest BCUT2D eigenvalue weighted by Crippen LogP contribution is -2.46. The molecule has 0 aliphatic rings. The van der Waals surface area contributed by atoms with Crippen LogP contribution in [0.1, 0.15) is 103 Å². The summed E-state index contributed by atoms with van der Waals surface area (Å²) in [5.74, 6) is -1.80. The van der Waals surface area contributed by atoms with Crippen molar-refractivity contribution in [2.75, 3.05) is 14.2 Å². The summed E-state index contributed by atoms with van der Waals surface area (Å²) in [5, 5.41) is 0. The second-order valence-corrected chi connectivity index (χ2v) is 9.12. The summed E-state index contributed by atoms with van der Waals surface area (Å²) >= 11 is 0. The zero-order valence-electron chi connectivity index (χ0n) is 21.1. The number of halogens is 2. The Hall–Kier alpha value is -1.04. The fraction of sp³-hybridized carbons (Fsp3) is 0.778. The lowest BCUT2D eigenvalue weighted by atomic mass is 9.91. The van der Waals surface area contributed by atoms with Crippen LogP contribution in [0.25, 0.3) is 0 Å². The standard InChI is InChI=1S/C27H46F2O3/c1-6-7-8-9-10-14-17-24(27(30-4,31-5)32-22(2)3)18-15-12-11-13-16-23-19-20-25(28)21-26(23)29/h19-22,24H,6-18H2,1-5H3. The summed E-state index contributed by atoms with van der Waals surface area (Å²) in [5.41, 5.74) is 0.593. The van der Waals surface area contributed by atoms with Crippen LogP contribution in [0.2, 0.25) is 0 Å². The molecule has 0 saturated heterocycles. The fourth-order valence-electron chi connectivity index (χ4n) is 4.39. The molecule has 1 aromatic carbocycles. The molecule has 0 radical (unpaired) electrons. The molecular formula is C27H46F2O3. The Balaban J connectivity index is 2.52. The highest BCUT2D eigenvalue weighted by molar-refractivity contribution is 5.18.